The lowest BCUT2D eigenvalue weighted by atomic mass is 9.43. The molecule has 0 spiro atoms. The summed E-state index contributed by atoms with van der Waals surface area (Å²) in [6.07, 6.45) is 5.01. The van der Waals surface area contributed by atoms with E-state index in [9.17, 15) is 19.6 Å². The van der Waals surface area contributed by atoms with E-state index >= 15 is 0 Å². The number of aromatic nitrogens is 1. The summed E-state index contributed by atoms with van der Waals surface area (Å²) >= 11 is 0. The SMILES string of the molecule is Cc1ccc(C(=O)NC[C@H](NC(=O)c2ccc[n+]([O-])c2)C(=O)N[C@@H](CC(C)C)B2O[C@@H]3C[C@H]4C[C@H](C4(C)C)[C@]3(C)O2)cc1. The van der Waals surface area contributed by atoms with E-state index in [1.165, 1.54) is 18.3 Å². The number of amides is 3. The van der Waals surface area contributed by atoms with E-state index in [2.05, 4.69) is 50.6 Å². The molecule has 4 aliphatic rings. The third-order valence-electron chi connectivity index (χ3n) is 9.79. The Kier molecular flexibility index (Phi) is 8.60. The van der Waals surface area contributed by atoms with Crippen molar-refractivity contribution in [3.63, 3.8) is 0 Å². The average molecular weight is 591 g/mol. The highest BCUT2D eigenvalue weighted by atomic mass is 16.7. The fourth-order valence-corrected chi connectivity index (χ4v) is 7.14. The zero-order valence-electron chi connectivity index (χ0n) is 25.9. The predicted octanol–water partition coefficient (Wildman–Crippen LogP) is 2.96. The third kappa shape index (κ3) is 6.29. The first-order valence-corrected chi connectivity index (χ1v) is 15.3. The van der Waals surface area contributed by atoms with Crippen LogP contribution in [0.4, 0.5) is 0 Å². The molecule has 1 aromatic carbocycles. The molecule has 0 unspecified atom stereocenters. The molecule has 3 saturated carbocycles. The Balaban J connectivity index is 1.32. The van der Waals surface area contributed by atoms with Crippen molar-refractivity contribution >= 4 is 24.8 Å². The second kappa shape index (κ2) is 11.9. The Labute approximate surface area is 254 Å². The molecular weight excluding hydrogens is 547 g/mol. The Hall–Kier alpha value is -3.44. The van der Waals surface area contributed by atoms with Gasteiger partial charge in [-0.25, -0.2) is 0 Å². The minimum atomic E-state index is -1.12. The number of hydrogen-bond acceptors (Lipinski definition) is 6. The van der Waals surface area contributed by atoms with Gasteiger partial charge >= 0.3 is 7.12 Å². The van der Waals surface area contributed by atoms with Gasteiger partial charge in [-0.3, -0.25) is 14.4 Å². The summed E-state index contributed by atoms with van der Waals surface area (Å²) in [5.41, 5.74) is 1.31. The van der Waals surface area contributed by atoms with Crippen molar-refractivity contribution < 1.29 is 28.4 Å². The fourth-order valence-electron chi connectivity index (χ4n) is 7.14. The van der Waals surface area contributed by atoms with Crippen LogP contribution in [0.1, 0.15) is 80.2 Å². The number of hydrogen-bond donors (Lipinski definition) is 3. The van der Waals surface area contributed by atoms with Crippen LogP contribution in [-0.2, 0) is 14.1 Å². The summed E-state index contributed by atoms with van der Waals surface area (Å²) in [5.74, 6) is -0.729. The van der Waals surface area contributed by atoms with E-state index in [0.717, 1.165) is 24.6 Å². The number of nitrogens with one attached hydrogen (secondary N) is 3. The number of nitrogens with zero attached hydrogens (tertiary/aromatic N) is 1. The lowest BCUT2D eigenvalue weighted by molar-refractivity contribution is -0.605. The van der Waals surface area contributed by atoms with Gasteiger partial charge in [-0.2, -0.15) is 4.73 Å². The Morgan fingerprint density at radius 3 is 2.42 bits per heavy atom. The van der Waals surface area contributed by atoms with Crippen LogP contribution >= 0.6 is 0 Å². The number of rotatable bonds is 10. The van der Waals surface area contributed by atoms with Crippen molar-refractivity contribution in [3.8, 4) is 0 Å². The van der Waals surface area contributed by atoms with Crippen LogP contribution < -0.4 is 20.7 Å². The van der Waals surface area contributed by atoms with Gasteiger partial charge < -0.3 is 30.5 Å². The number of benzene rings is 1. The topological polar surface area (TPSA) is 133 Å². The highest BCUT2D eigenvalue weighted by Crippen LogP contribution is 2.65. The van der Waals surface area contributed by atoms with Crippen molar-refractivity contribution in [2.45, 2.75) is 84.5 Å². The molecule has 2 heterocycles. The highest BCUT2D eigenvalue weighted by molar-refractivity contribution is 6.48. The third-order valence-corrected chi connectivity index (χ3v) is 9.79. The molecule has 6 rings (SSSR count). The van der Waals surface area contributed by atoms with Crippen molar-refractivity contribution in [1.82, 2.24) is 16.0 Å². The largest absolute Gasteiger partial charge is 0.619 e. The molecule has 6 atom stereocenters. The zero-order chi connectivity index (χ0) is 31.1. The normalized spacial score (nSPS) is 26.6. The molecule has 11 heteroatoms. The standard InChI is InChI=1S/C32H43BN4O6/c1-19(2)14-27(33-42-26-16-23-15-25(31(23,4)5)32(26,6)43-33)36-30(40)24(35-29(39)22-8-7-13-37(41)18-22)17-34-28(38)21-11-9-20(3)10-12-21/h7-13,18-19,23-27H,14-17H2,1-6H3,(H,34,38)(H,35,39)(H,36,40)/t23-,24+,25-,26-,27+,32+/m1/s1. The van der Waals surface area contributed by atoms with Gasteiger partial charge in [0.15, 0.2) is 12.4 Å². The van der Waals surface area contributed by atoms with Crippen LogP contribution in [0.2, 0.25) is 0 Å². The molecule has 10 nitrogen and oxygen atoms in total. The van der Waals surface area contributed by atoms with Crippen LogP contribution in [0.3, 0.4) is 0 Å². The monoisotopic (exact) mass is 590 g/mol. The molecule has 3 aliphatic carbocycles. The van der Waals surface area contributed by atoms with Gasteiger partial charge in [-0.05, 0) is 74.5 Å². The Bertz CT molecular complexity index is 1370. The van der Waals surface area contributed by atoms with Crippen LogP contribution in [0.5, 0.6) is 0 Å². The van der Waals surface area contributed by atoms with Gasteiger partial charge in [-0.15, -0.1) is 0 Å². The van der Waals surface area contributed by atoms with Crippen molar-refractivity contribution in [3.05, 3.63) is 70.7 Å². The van der Waals surface area contributed by atoms with Gasteiger partial charge in [0.1, 0.15) is 11.6 Å². The lowest BCUT2D eigenvalue weighted by Crippen LogP contribution is -2.65. The van der Waals surface area contributed by atoms with E-state index in [4.69, 9.17) is 9.31 Å². The minimum absolute atomic E-state index is 0.0398. The molecular formula is C32H43BN4O6. The molecule has 4 fully saturated rings. The van der Waals surface area contributed by atoms with Crippen LogP contribution in [0.25, 0.3) is 0 Å². The second-order valence-corrected chi connectivity index (χ2v) is 13.6. The zero-order valence-corrected chi connectivity index (χ0v) is 25.9. The van der Waals surface area contributed by atoms with Gasteiger partial charge in [-0.1, -0.05) is 45.4 Å². The number of aryl methyl sites for hydroxylation is 1. The molecule has 2 aromatic rings. The van der Waals surface area contributed by atoms with Crippen LogP contribution in [0.15, 0.2) is 48.8 Å². The molecule has 3 N–H and O–H groups in total. The quantitative estimate of drug-likeness (QED) is 0.222. The molecule has 230 valence electrons. The summed E-state index contributed by atoms with van der Waals surface area (Å²) < 4.78 is 13.7. The minimum Gasteiger partial charge on any atom is -0.619 e. The van der Waals surface area contributed by atoms with Crippen molar-refractivity contribution in [2.75, 3.05) is 6.54 Å². The number of carbonyl (C=O) groups excluding carboxylic acids is 3. The average Bonchev–Trinajstić information content (AvgIpc) is 3.32. The van der Waals surface area contributed by atoms with Crippen molar-refractivity contribution in [1.29, 1.82) is 0 Å². The summed E-state index contributed by atoms with van der Waals surface area (Å²) in [6.45, 7) is 12.6. The summed E-state index contributed by atoms with van der Waals surface area (Å²) in [6, 6.07) is 8.88. The first-order valence-electron chi connectivity index (χ1n) is 15.3. The van der Waals surface area contributed by atoms with Crippen LogP contribution in [0, 0.1) is 35.3 Å². The molecule has 1 aliphatic heterocycles. The van der Waals surface area contributed by atoms with Gasteiger partial charge in [0.25, 0.3) is 11.8 Å². The number of pyridine rings is 1. The van der Waals surface area contributed by atoms with Gasteiger partial charge in [0.2, 0.25) is 5.91 Å². The second-order valence-electron chi connectivity index (χ2n) is 13.6. The fraction of sp³-hybridized carbons (Fsp3) is 0.562. The van der Waals surface area contributed by atoms with Gasteiger partial charge in [0.05, 0.1) is 17.6 Å². The molecule has 43 heavy (non-hydrogen) atoms. The van der Waals surface area contributed by atoms with E-state index in [0.29, 0.717) is 28.6 Å². The molecule has 2 bridgehead atoms. The highest BCUT2D eigenvalue weighted by Gasteiger charge is 2.68. The van der Waals surface area contributed by atoms with Crippen molar-refractivity contribution in [2.24, 2.45) is 23.2 Å². The Morgan fingerprint density at radius 2 is 1.77 bits per heavy atom. The summed E-state index contributed by atoms with van der Waals surface area (Å²) in [7, 11) is -0.636. The maximum Gasteiger partial charge on any atom is 0.481 e. The molecule has 1 saturated heterocycles. The van der Waals surface area contributed by atoms with Crippen LogP contribution in [-0.4, -0.2) is 55.1 Å². The molecule has 0 radical (unpaired) electrons. The van der Waals surface area contributed by atoms with E-state index < -0.39 is 36.5 Å². The maximum atomic E-state index is 13.8. The smallest absolute Gasteiger partial charge is 0.481 e. The Morgan fingerprint density at radius 1 is 1.05 bits per heavy atom. The predicted molar refractivity (Wildman–Crippen MR) is 162 cm³/mol. The first-order chi connectivity index (χ1) is 20.3. The lowest BCUT2D eigenvalue weighted by Gasteiger charge is -2.64. The molecule has 1 aromatic heterocycles. The maximum absolute atomic E-state index is 13.8. The molecule has 3 amide bonds. The van der Waals surface area contributed by atoms with E-state index in [1.807, 2.05) is 19.1 Å². The first kappa shape index (κ1) is 31.0. The van der Waals surface area contributed by atoms with Gasteiger partial charge in [0, 0.05) is 18.2 Å². The summed E-state index contributed by atoms with van der Waals surface area (Å²) in [5, 5.41) is 20.3. The van der Waals surface area contributed by atoms with E-state index in [-0.39, 0.29) is 35.5 Å². The number of carbonyl (C=O) groups is 3. The summed E-state index contributed by atoms with van der Waals surface area (Å²) in [4.78, 5) is 39.8. The van der Waals surface area contributed by atoms with E-state index in [1.54, 1.807) is 12.1 Å².